The van der Waals surface area contributed by atoms with Gasteiger partial charge in [-0.3, -0.25) is 5.84 Å². The fraction of sp³-hybridized carbons (Fsp3) is 0.231. The van der Waals surface area contributed by atoms with Crippen molar-refractivity contribution in [3.05, 3.63) is 50.1 Å². The average Bonchev–Trinajstić information content (AvgIpc) is 2.99. The van der Waals surface area contributed by atoms with Gasteiger partial charge in [-0.2, -0.15) is 0 Å². The van der Waals surface area contributed by atoms with Crippen LogP contribution in [0.3, 0.4) is 0 Å². The van der Waals surface area contributed by atoms with E-state index in [9.17, 15) is 0 Å². The summed E-state index contributed by atoms with van der Waals surface area (Å²) in [5.41, 5.74) is 5.33. The van der Waals surface area contributed by atoms with Crippen molar-refractivity contribution < 1.29 is 4.74 Å². The van der Waals surface area contributed by atoms with Crippen LogP contribution in [0.15, 0.2) is 34.1 Å². The number of rotatable bonds is 3. The number of benzene rings is 1. The Kier molecular flexibility index (Phi) is 3.39. The number of hydrazine groups is 1. The minimum absolute atomic E-state index is 0.0344. The van der Waals surface area contributed by atoms with E-state index in [2.05, 4.69) is 39.6 Å². The molecule has 3 N–H and O–H groups in total. The molecule has 1 aliphatic heterocycles. The van der Waals surface area contributed by atoms with Crippen molar-refractivity contribution in [2.75, 3.05) is 6.61 Å². The third-order valence-corrected chi connectivity index (χ3v) is 4.78. The van der Waals surface area contributed by atoms with E-state index in [1.807, 2.05) is 12.1 Å². The minimum Gasteiger partial charge on any atom is -0.493 e. The Morgan fingerprint density at radius 3 is 2.94 bits per heavy atom. The van der Waals surface area contributed by atoms with Gasteiger partial charge >= 0.3 is 0 Å². The summed E-state index contributed by atoms with van der Waals surface area (Å²) < 4.78 is 6.63. The zero-order valence-electron chi connectivity index (χ0n) is 9.65. The monoisotopic (exact) mass is 324 g/mol. The number of hydrogen-bond donors (Lipinski definition) is 2. The summed E-state index contributed by atoms with van der Waals surface area (Å²) in [5.74, 6) is 6.70. The van der Waals surface area contributed by atoms with Gasteiger partial charge in [0.15, 0.2) is 0 Å². The Morgan fingerprint density at radius 2 is 2.22 bits per heavy atom. The molecule has 0 saturated heterocycles. The molecule has 2 aromatic rings. The quantitative estimate of drug-likeness (QED) is 0.674. The van der Waals surface area contributed by atoms with Gasteiger partial charge in [-0.15, -0.1) is 11.3 Å². The summed E-state index contributed by atoms with van der Waals surface area (Å²) in [4.78, 5) is 1.20. The Labute approximate surface area is 118 Å². The molecule has 1 aromatic heterocycles. The third kappa shape index (κ3) is 2.19. The van der Waals surface area contributed by atoms with Crippen molar-refractivity contribution in [3.8, 4) is 5.75 Å². The van der Waals surface area contributed by atoms with Gasteiger partial charge in [0.25, 0.3) is 0 Å². The highest BCUT2D eigenvalue weighted by Gasteiger charge is 2.18. The van der Waals surface area contributed by atoms with Gasteiger partial charge in [0.2, 0.25) is 0 Å². The molecule has 0 aliphatic carbocycles. The van der Waals surface area contributed by atoms with E-state index in [4.69, 9.17) is 10.6 Å². The number of nitrogens with two attached hydrogens (primary N) is 1. The summed E-state index contributed by atoms with van der Waals surface area (Å²) in [5, 5.41) is 0. The number of hydrogen-bond acceptors (Lipinski definition) is 4. The standard InChI is InChI=1S/C13H13BrN2OS/c14-12-4-3-11(18-12)13(16-15)9-1-2-10-8(7-9)5-6-17-10/h1-4,7,13,16H,5-6,15H2. The van der Waals surface area contributed by atoms with E-state index in [-0.39, 0.29) is 6.04 Å². The first-order valence-electron chi connectivity index (χ1n) is 5.75. The van der Waals surface area contributed by atoms with Gasteiger partial charge < -0.3 is 4.74 Å². The fourth-order valence-electron chi connectivity index (χ4n) is 2.21. The molecule has 3 nitrogen and oxygen atoms in total. The molecule has 2 heterocycles. The molecule has 5 heteroatoms. The number of ether oxygens (including phenoxy) is 1. The molecule has 1 aromatic carbocycles. The number of thiophene rings is 1. The Bertz CT molecular complexity index is 570. The van der Waals surface area contributed by atoms with Crippen LogP contribution in [0, 0.1) is 0 Å². The van der Waals surface area contributed by atoms with Crippen LogP contribution in [0.25, 0.3) is 0 Å². The maximum atomic E-state index is 5.70. The molecule has 0 amide bonds. The maximum absolute atomic E-state index is 5.70. The van der Waals surface area contributed by atoms with Crippen LogP contribution in [-0.2, 0) is 6.42 Å². The van der Waals surface area contributed by atoms with Crippen LogP contribution < -0.4 is 16.0 Å². The second kappa shape index (κ2) is 5.01. The van der Waals surface area contributed by atoms with Crippen molar-refractivity contribution in [1.29, 1.82) is 0 Å². The van der Waals surface area contributed by atoms with Crippen molar-refractivity contribution >= 4 is 27.3 Å². The summed E-state index contributed by atoms with van der Waals surface area (Å²) in [6.45, 7) is 0.782. The molecule has 1 atom stereocenters. The predicted molar refractivity (Wildman–Crippen MR) is 76.8 cm³/mol. The highest BCUT2D eigenvalue weighted by atomic mass is 79.9. The second-order valence-electron chi connectivity index (χ2n) is 4.21. The lowest BCUT2D eigenvalue weighted by Crippen LogP contribution is -2.28. The molecule has 0 radical (unpaired) electrons. The van der Waals surface area contributed by atoms with E-state index in [1.165, 1.54) is 16.0 Å². The lowest BCUT2D eigenvalue weighted by molar-refractivity contribution is 0.357. The average molecular weight is 325 g/mol. The van der Waals surface area contributed by atoms with E-state index < -0.39 is 0 Å². The van der Waals surface area contributed by atoms with Crippen LogP contribution in [0.4, 0.5) is 0 Å². The van der Waals surface area contributed by atoms with Crippen molar-refractivity contribution in [3.63, 3.8) is 0 Å². The molecule has 18 heavy (non-hydrogen) atoms. The van der Waals surface area contributed by atoms with Crippen molar-refractivity contribution in [2.24, 2.45) is 5.84 Å². The summed E-state index contributed by atoms with van der Waals surface area (Å²) >= 11 is 5.17. The van der Waals surface area contributed by atoms with Crippen molar-refractivity contribution in [2.45, 2.75) is 12.5 Å². The molecule has 1 aliphatic rings. The van der Waals surface area contributed by atoms with Crippen LogP contribution in [0.2, 0.25) is 0 Å². The molecule has 0 saturated carbocycles. The first kappa shape index (κ1) is 12.2. The lowest BCUT2D eigenvalue weighted by Gasteiger charge is -2.15. The van der Waals surface area contributed by atoms with Crippen LogP contribution >= 0.6 is 27.3 Å². The van der Waals surface area contributed by atoms with Crippen LogP contribution in [0.1, 0.15) is 22.0 Å². The van der Waals surface area contributed by atoms with Gasteiger partial charge in [0, 0.05) is 11.3 Å². The van der Waals surface area contributed by atoms with Crippen molar-refractivity contribution in [1.82, 2.24) is 5.43 Å². The van der Waals surface area contributed by atoms with E-state index in [1.54, 1.807) is 11.3 Å². The van der Waals surface area contributed by atoms with Gasteiger partial charge in [0.1, 0.15) is 5.75 Å². The number of fused-ring (bicyclic) bond motifs is 1. The van der Waals surface area contributed by atoms with E-state index in [0.29, 0.717) is 0 Å². The van der Waals surface area contributed by atoms with Crippen LogP contribution in [0.5, 0.6) is 5.75 Å². The molecule has 0 bridgehead atoms. The number of nitrogens with one attached hydrogen (secondary N) is 1. The lowest BCUT2D eigenvalue weighted by atomic mass is 10.0. The van der Waals surface area contributed by atoms with Gasteiger partial charge in [-0.05, 0) is 51.3 Å². The molecule has 3 rings (SSSR count). The summed E-state index contributed by atoms with van der Waals surface area (Å²) in [7, 11) is 0. The first-order chi connectivity index (χ1) is 8.78. The molecule has 0 fully saturated rings. The fourth-order valence-corrected chi connectivity index (χ4v) is 3.72. The SMILES string of the molecule is NNC(c1ccc2c(c1)CCO2)c1ccc(Br)s1. The molecule has 1 unspecified atom stereocenters. The summed E-state index contributed by atoms with van der Waals surface area (Å²) in [6.07, 6.45) is 0.981. The predicted octanol–water partition coefficient (Wildman–Crippen LogP) is 3.00. The molecular weight excluding hydrogens is 312 g/mol. The topological polar surface area (TPSA) is 47.3 Å². The van der Waals surface area contributed by atoms with Gasteiger partial charge in [0.05, 0.1) is 16.4 Å². The first-order valence-corrected chi connectivity index (χ1v) is 7.36. The van der Waals surface area contributed by atoms with Crippen LogP contribution in [-0.4, -0.2) is 6.61 Å². The summed E-state index contributed by atoms with van der Waals surface area (Å²) in [6, 6.07) is 10.4. The smallest absolute Gasteiger partial charge is 0.122 e. The third-order valence-electron chi connectivity index (χ3n) is 3.09. The Morgan fingerprint density at radius 1 is 1.33 bits per heavy atom. The normalized spacial score (nSPS) is 15.2. The molecule has 0 spiro atoms. The van der Waals surface area contributed by atoms with Gasteiger partial charge in [-0.1, -0.05) is 6.07 Å². The minimum atomic E-state index is 0.0344. The van der Waals surface area contributed by atoms with E-state index >= 15 is 0 Å². The van der Waals surface area contributed by atoms with Gasteiger partial charge in [-0.25, -0.2) is 5.43 Å². The molecular formula is C13H13BrN2OS. The second-order valence-corrected chi connectivity index (χ2v) is 6.70. The largest absolute Gasteiger partial charge is 0.493 e. The Hall–Kier alpha value is -0.880. The highest BCUT2D eigenvalue weighted by molar-refractivity contribution is 9.11. The molecule has 94 valence electrons. The Balaban J connectivity index is 1.96. The zero-order chi connectivity index (χ0) is 12.5. The highest BCUT2D eigenvalue weighted by Crippen LogP contribution is 2.34. The number of halogens is 1. The maximum Gasteiger partial charge on any atom is 0.122 e. The van der Waals surface area contributed by atoms with E-state index in [0.717, 1.165) is 22.6 Å². The zero-order valence-corrected chi connectivity index (χ0v) is 12.1.